The highest BCUT2D eigenvalue weighted by molar-refractivity contribution is 7.80. The van der Waals surface area contributed by atoms with E-state index in [4.69, 9.17) is 10.3 Å². The largest absolute Gasteiger partial charge is 0.508 e. The number of hydrogen-bond donors (Lipinski definition) is 3. The molecule has 0 aliphatic carbocycles. The third-order valence-corrected chi connectivity index (χ3v) is 3.92. The van der Waals surface area contributed by atoms with Gasteiger partial charge >= 0.3 is 16.4 Å². The minimum absolute atomic E-state index is 0.0710. The van der Waals surface area contributed by atoms with Crippen LogP contribution in [0.4, 0.5) is 4.79 Å². The Labute approximate surface area is 124 Å². The van der Waals surface area contributed by atoms with Gasteiger partial charge in [0, 0.05) is 0 Å². The van der Waals surface area contributed by atoms with E-state index in [9.17, 15) is 23.1 Å². The van der Waals surface area contributed by atoms with Gasteiger partial charge in [-0.25, -0.2) is 4.79 Å². The Morgan fingerprint density at radius 1 is 1.36 bits per heavy atom. The predicted octanol–water partition coefficient (Wildman–Crippen LogP) is -0.555. The van der Waals surface area contributed by atoms with Crippen molar-refractivity contribution in [3.05, 3.63) is 29.3 Å². The molecule has 2 atom stereocenters. The fourth-order valence-electron chi connectivity index (χ4n) is 2.80. The number of carbonyl (C=O) groups excluding carboxylic acids is 2. The second kappa shape index (κ2) is 4.56. The predicted molar refractivity (Wildman–Crippen MR) is 69.4 cm³/mol. The average molecular weight is 329 g/mol. The van der Waals surface area contributed by atoms with Crippen LogP contribution in [0.3, 0.4) is 0 Å². The van der Waals surface area contributed by atoms with Crippen molar-refractivity contribution < 1.29 is 31.9 Å². The van der Waals surface area contributed by atoms with Gasteiger partial charge < -0.3 is 15.7 Å². The van der Waals surface area contributed by atoms with E-state index < -0.39 is 34.4 Å². The van der Waals surface area contributed by atoms with Gasteiger partial charge in [-0.3, -0.25) is 9.35 Å². The molecule has 1 aromatic carbocycles. The van der Waals surface area contributed by atoms with Crippen LogP contribution in [0.2, 0.25) is 0 Å². The van der Waals surface area contributed by atoms with E-state index in [1.54, 1.807) is 0 Å². The number of primary amides is 1. The summed E-state index contributed by atoms with van der Waals surface area (Å²) in [5.74, 6) is -0.950. The Balaban J connectivity index is 2.14. The van der Waals surface area contributed by atoms with Gasteiger partial charge in [0.15, 0.2) is 0 Å². The van der Waals surface area contributed by atoms with E-state index in [0.29, 0.717) is 16.2 Å². The summed E-state index contributed by atoms with van der Waals surface area (Å²) in [6.07, 6.45) is 0. The molecule has 2 aliphatic rings. The molecule has 4 N–H and O–H groups in total. The maximum atomic E-state index is 12.2. The molecular weight excluding hydrogens is 318 g/mol. The second-order valence-corrected chi connectivity index (χ2v) is 5.90. The summed E-state index contributed by atoms with van der Waals surface area (Å²) in [7, 11) is -4.93. The first-order chi connectivity index (χ1) is 10.2. The zero-order valence-electron chi connectivity index (χ0n) is 10.9. The fraction of sp³-hybridized carbons (Fsp3) is 0.273. The minimum atomic E-state index is -4.93. The molecule has 2 heterocycles. The quantitative estimate of drug-likeness (QED) is 0.629. The average Bonchev–Trinajstić information content (AvgIpc) is 2.65. The lowest BCUT2D eigenvalue weighted by molar-refractivity contribution is -0.122. The van der Waals surface area contributed by atoms with Crippen molar-refractivity contribution in [3.8, 4) is 5.75 Å². The molecule has 3 rings (SSSR count). The highest BCUT2D eigenvalue weighted by atomic mass is 32.3. The van der Waals surface area contributed by atoms with Gasteiger partial charge in [-0.2, -0.15) is 13.5 Å². The number of fused-ring (bicyclic) bond motifs is 4. The van der Waals surface area contributed by atoms with Gasteiger partial charge in [-0.1, -0.05) is 6.07 Å². The topological polar surface area (TPSA) is 150 Å². The molecule has 2 bridgehead atoms. The molecule has 0 unspecified atom stereocenters. The number of carbonyl (C=O) groups is 2. The number of phenols is 1. The van der Waals surface area contributed by atoms with Crippen LogP contribution in [0.5, 0.6) is 5.75 Å². The SMILES string of the molecule is NC(=O)[C@H]1c2ccc(O)cc2[C@H]2CN1C(=O)N2OS(=O)(=O)O. The summed E-state index contributed by atoms with van der Waals surface area (Å²) >= 11 is 0. The van der Waals surface area contributed by atoms with Crippen LogP contribution in [0, 0.1) is 0 Å². The number of nitrogens with zero attached hydrogens (tertiary/aromatic N) is 2. The van der Waals surface area contributed by atoms with Gasteiger partial charge in [-0.05, 0) is 23.3 Å². The highest BCUT2D eigenvalue weighted by Gasteiger charge is 2.51. The third-order valence-electron chi connectivity index (χ3n) is 3.57. The van der Waals surface area contributed by atoms with E-state index in [-0.39, 0.29) is 12.3 Å². The first-order valence-corrected chi connectivity index (χ1v) is 7.44. The van der Waals surface area contributed by atoms with Crippen LogP contribution < -0.4 is 5.73 Å². The lowest BCUT2D eigenvalue weighted by Gasteiger charge is -2.30. The van der Waals surface area contributed by atoms with Gasteiger partial charge in [0.05, 0.1) is 6.54 Å². The Kier molecular flexibility index (Phi) is 3.02. The molecule has 1 saturated heterocycles. The van der Waals surface area contributed by atoms with E-state index >= 15 is 0 Å². The van der Waals surface area contributed by atoms with E-state index in [2.05, 4.69) is 4.28 Å². The Morgan fingerprint density at radius 2 is 2.05 bits per heavy atom. The number of rotatable bonds is 3. The first kappa shape index (κ1) is 14.6. The molecule has 1 fully saturated rings. The van der Waals surface area contributed by atoms with Crippen molar-refractivity contribution >= 4 is 22.3 Å². The molecule has 22 heavy (non-hydrogen) atoms. The number of hydroxylamine groups is 2. The Bertz CT molecular complexity index is 778. The number of phenolic OH excluding ortho intramolecular Hbond substituents is 1. The maximum Gasteiger partial charge on any atom is 0.418 e. The van der Waals surface area contributed by atoms with Gasteiger partial charge in [0.1, 0.15) is 17.8 Å². The second-order valence-electron chi connectivity index (χ2n) is 4.90. The zero-order valence-corrected chi connectivity index (χ0v) is 11.7. The van der Waals surface area contributed by atoms with Crippen LogP contribution in [0.1, 0.15) is 23.2 Å². The van der Waals surface area contributed by atoms with Crippen LogP contribution in [-0.4, -0.2) is 46.5 Å². The smallest absolute Gasteiger partial charge is 0.418 e. The number of hydrogen-bond acceptors (Lipinski definition) is 6. The molecule has 1 aromatic rings. The number of urea groups is 1. The molecule has 10 nitrogen and oxygen atoms in total. The first-order valence-electron chi connectivity index (χ1n) is 6.08. The summed E-state index contributed by atoms with van der Waals surface area (Å²) in [6.45, 7) is -0.0710. The number of nitrogens with two attached hydrogens (primary N) is 1. The molecule has 0 saturated carbocycles. The van der Waals surface area contributed by atoms with Crippen molar-refractivity contribution in [2.24, 2.45) is 5.73 Å². The van der Waals surface area contributed by atoms with Crippen LogP contribution in [0.15, 0.2) is 18.2 Å². The standard InChI is InChI=1S/C11H11N3O7S/c12-10(16)9-6-2-1-5(15)3-7(6)8-4-13(9)11(17)14(8)21-22(18,19)20/h1-3,8-9,15H,4H2,(H2,12,16)(H,18,19,20)/t8-,9-/m1/s1. The molecule has 3 amide bonds. The summed E-state index contributed by atoms with van der Waals surface area (Å²) in [6, 6.07) is 1.07. The molecule has 11 heteroatoms. The van der Waals surface area contributed by atoms with Crippen LogP contribution >= 0.6 is 0 Å². The molecule has 118 valence electrons. The van der Waals surface area contributed by atoms with Crippen molar-refractivity contribution in [1.29, 1.82) is 0 Å². The minimum Gasteiger partial charge on any atom is -0.508 e. The molecule has 0 aromatic heterocycles. The molecule has 0 radical (unpaired) electrons. The summed E-state index contributed by atoms with van der Waals surface area (Å²) in [5.41, 5.74) is 5.99. The van der Waals surface area contributed by atoms with Gasteiger partial charge in [0.25, 0.3) is 0 Å². The Hall–Kier alpha value is -2.37. The normalized spacial score (nSPS) is 23.6. The van der Waals surface area contributed by atoms with Gasteiger partial charge in [-0.15, -0.1) is 4.28 Å². The summed E-state index contributed by atoms with van der Waals surface area (Å²) in [4.78, 5) is 24.9. The van der Waals surface area contributed by atoms with Crippen molar-refractivity contribution in [2.45, 2.75) is 12.1 Å². The van der Waals surface area contributed by atoms with E-state index in [1.807, 2.05) is 0 Å². The van der Waals surface area contributed by atoms with Gasteiger partial charge in [0.2, 0.25) is 5.91 Å². The Morgan fingerprint density at radius 3 is 2.64 bits per heavy atom. The molecule has 0 spiro atoms. The zero-order chi connectivity index (χ0) is 16.2. The number of benzene rings is 1. The maximum absolute atomic E-state index is 12.2. The lowest BCUT2D eigenvalue weighted by atomic mass is 9.90. The van der Waals surface area contributed by atoms with Crippen molar-refractivity contribution in [1.82, 2.24) is 9.96 Å². The lowest BCUT2D eigenvalue weighted by Crippen LogP contribution is -2.41. The van der Waals surface area contributed by atoms with E-state index in [0.717, 1.165) is 4.90 Å². The van der Waals surface area contributed by atoms with Crippen molar-refractivity contribution in [3.63, 3.8) is 0 Å². The molecule has 2 aliphatic heterocycles. The molecular formula is C11H11N3O7S. The fourth-order valence-corrected chi connectivity index (χ4v) is 3.17. The van der Waals surface area contributed by atoms with Crippen molar-refractivity contribution in [2.75, 3.05) is 6.54 Å². The number of aromatic hydroxyl groups is 1. The van der Waals surface area contributed by atoms with Crippen LogP contribution in [0.25, 0.3) is 0 Å². The number of amides is 3. The summed E-state index contributed by atoms with van der Waals surface area (Å²) in [5, 5.41) is 10.0. The van der Waals surface area contributed by atoms with E-state index in [1.165, 1.54) is 18.2 Å². The van der Waals surface area contributed by atoms with Crippen LogP contribution in [-0.2, 0) is 19.5 Å². The summed E-state index contributed by atoms with van der Waals surface area (Å²) < 4.78 is 34.9. The highest BCUT2D eigenvalue weighted by Crippen LogP contribution is 2.44. The monoisotopic (exact) mass is 329 g/mol. The third kappa shape index (κ3) is 2.15.